The molecule has 28 heavy (non-hydrogen) atoms. The molecule has 0 saturated heterocycles. The van der Waals surface area contributed by atoms with E-state index in [4.69, 9.17) is 15.2 Å². The molecule has 0 spiro atoms. The van der Waals surface area contributed by atoms with E-state index in [9.17, 15) is 23.2 Å². The Balaban J connectivity index is 2.04. The highest BCUT2D eigenvalue weighted by Crippen LogP contribution is 2.59. The third-order valence-corrected chi connectivity index (χ3v) is 5.19. The molecule has 1 atom stereocenters. The number of benzene rings is 1. The van der Waals surface area contributed by atoms with Gasteiger partial charge in [0.15, 0.2) is 0 Å². The second-order valence-corrected chi connectivity index (χ2v) is 6.82. The van der Waals surface area contributed by atoms with Gasteiger partial charge in [-0.25, -0.2) is 4.79 Å². The van der Waals surface area contributed by atoms with Crippen LogP contribution in [0.25, 0.3) is 0 Å². The number of hydrogen-bond acceptors (Lipinski definition) is 5. The number of nitrogens with two attached hydrogens (primary N) is 1. The van der Waals surface area contributed by atoms with Crippen LogP contribution in [0.3, 0.4) is 0 Å². The summed E-state index contributed by atoms with van der Waals surface area (Å²) in [5.41, 5.74) is 4.77. The lowest BCUT2D eigenvalue weighted by Crippen LogP contribution is -2.29. The summed E-state index contributed by atoms with van der Waals surface area (Å²) in [5, 5.41) is 9.52. The van der Waals surface area contributed by atoms with Crippen LogP contribution in [0.5, 0.6) is 0 Å². The molecule has 1 fully saturated rings. The van der Waals surface area contributed by atoms with E-state index in [-0.39, 0.29) is 47.8 Å². The van der Waals surface area contributed by atoms with Gasteiger partial charge in [-0.15, -0.1) is 0 Å². The van der Waals surface area contributed by atoms with Crippen molar-refractivity contribution in [1.82, 2.24) is 0 Å². The van der Waals surface area contributed by atoms with E-state index in [1.807, 2.05) is 6.07 Å². The largest absolute Gasteiger partial charge is 0.463 e. The van der Waals surface area contributed by atoms with Gasteiger partial charge in [-0.1, -0.05) is 24.3 Å². The Kier molecular flexibility index (Phi) is 4.88. The number of alkyl halides is 3. The van der Waals surface area contributed by atoms with Gasteiger partial charge in [0, 0.05) is 0 Å². The molecule has 3 rings (SSSR count). The van der Waals surface area contributed by atoms with Crippen molar-refractivity contribution in [1.29, 1.82) is 5.26 Å². The fourth-order valence-corrected chi connectivity index (χ4v) is 3.54. The van der Waals surface area contributed by atoms with Gasteiger partial charge in [0.05, 0.1) is 23.5 Å². The molecular formula is C20H19F3N2O3. The molecule has 1 aliphatic carbocycles. The van der Waals surface area contributed by atoms with Crippen molar-refractivity contribution >= 4 is 5.97 Å². The summed E-state index contributed by atoms with van der Waals surface area (Å²) < 4.78 is 50.5. The van der Waals surface area contributed by atoms with E-state index in [0.717, 1.165) is 0 Å². The highest BCUT2D eigenvalue weighted by atomic mass is 19.4. The molecular weight excluding hydrogens is 373 g/mol. The van der Waals surface area contributed by atoms with Crippen LogP contribution in [0, 0.1) is 11.3 Å². The van der Waals surface area contributed by atoms with Crippen LogP contribution in [0.15, 0.2) is 47.1 Å². The molecule has 0 aromatic heterocycles. The van der Waals surface area contributed by atoms with E-state index in [1.54, 1.807) is 6.92 Å². The van der Waals surface area contributed by atoms with Gasteiger partial charge in [-0.3, -0.25) is 0 Å². The van der Waals surface area contributed by atoms with Gasteiger partial charge in [0.1, 0.15) is 17.4 Å². The maximum absolute atomic E-state index is 13.4. The summed E-state index contributed by atoms with van der Waals surface area (Å²) in [4.78, 5) is 12.4. The molecule has 0 bridgehead atoms. The number of nitrogens with zero attached hydrogens (tertiary/aromatic N) is 1. The van der Waals surface area contributed by atoms with E-state index < -0.39 is 23.5 Å². The summed E-state index contributed by atoms with van der Waals surface area (Å²) in [7, 11) is 0. The molecule has 1 aromatic carbocycles. The minimum atomic E-state index is -4.32. The van der Waals surface area contributed by atoms with Crippen molar-refractivity contribution in [2.24, 2.45) is 5.73 Å². The third-order valence-electron chi connectivity index (χ3n) is 5.19. The van der Waals surface area contributed by atoms with Gasteiger partial charge in [0.2, 0.25) is 5.88 Å². The predicted octanol–water partition coefficient (Wildman–Crippen LogP) is 3.93. The van der Waals surface area contributed by atoms with Gasteiger partial charge in [-0.05, 0) is 37.8 Å². The number of allylic oxidation sites excluding steroid dienone is 2. The zero-order valence-corrected chi connectivity index (χ0v) is 15.4. The number of halogens is 3. The first-order chi connectivity index (χ1) is 13.2. The fraction of sp³-hybridized carbons (Fsp3) is 0.400. The maximum Gasteiger partial charge on any atom is 0.398 e. The minimum Gasteiger partial charge on any atom is -0.463 e. The number of esters is 1. The molecule has 5 nitrogen and oxygen atoms in total. The normalized spacial score (nSPS) is 21.1. The summed E-state index contributed by atoms with van der Waals surface area (Å²) in [6.45, 7) is 3.29. The Morgan fingerprint density at radius 2 is 1.96 bits per heavy atom. The smallest absolute Gasteiger partial charge is 0.398 e. The Morgan fingerprint density at radius 3 is 2.43 bits per heavy atom. The Labute approximate surface area is 160 Å². The number of hydrogen-bond donors (Lipinski definition) is 1. The Morgan fingerprint density at radius 1 is 1.36 bits per heavy atom. The van der Waals surface area contributed by atoms with E-state index >= 15 is 0 Å². The van der Waals surface area contributed by atoms with Crippen LogP contribution in [0.4, 0.5) is 13.2 Å². The molecule has 1 aliphatic heterocycles. The summed E-state index contributed by atoms with van der Waals surface area (Å²) in [6.07, 6.45) is -4.21. The van der Waals surface area contributed by atoms with Crippen LogP contribution in [-0.2, 0) is 19.7 Å². The monoisotopic (exact) mass is 392 g/mol. The number of carbonyl (C=O) groups is 1. The van der Waals surface area contributed by atoms with Crippen LogP contribution in [0.2, 0.25) is 0 Å². The molecule has 0 amide bonds. The minimum absolute atomic E-state index is 0.0124. The molecule has 1 unspecified atom stereocenters. The topological polar surface area (TPSA) is 85.3 Å². The molecule has 1 heterocycles. The Hall–Kier alpha value is -2.95. The fourth-order valence-electron chi connectivity index (χ4n) is 3.54. The lowest BCUT2D eigenvalue weighted by Gasteiger charge is -2.27. The SMILES string of the molecule is CCOC(=O)C1=C(C)OC(N)=C(C#N)C1c1ccc(C2(C(F)(F)F)CC2)cc1. The molecule has 148 valence electrons. The zero-order chi connectivity index (χ0) is 20.7. The van der Waals surface area contributed by atoms with Gasteiger partial charge in [-0.2, -0.15) is 18.4 Å². The highest BCUT2D eigenvalue weighted by Gasteiger charge is 2.64. The maximum atomic E-state index is 13.4. The summed E-state index contributed by atoms with van der Waals surface area (Å²) >= 11 is 0. The van der Waals surface area contributed by atoms with E-state index in [1.165, 1.54) is 31.2 Å². The first kappa shape index (κ1) is 19.8. The van der Waals surface area contributed by atoms with Crippen LogP contribution < -0.4 is 5.73 Å². The summed E-state index contributed by atoms with van der Waals surface area (Å²) in [6, 6.07) is 7.72. The number of carbonyl (C=O) groups excluding carboxylic acids is 1. The second-order valence-electron chi connectivity index (χ2n) is 6.82. The van der Waals surface area contributed by atoms with Gasteiger partial charge in [0.25, 0.3) is 0 Å². The highest BCUT2D eigenvalue weighted by molar-refractivity contribution is 5.92. The lowest BCUT2D eigenvalue weighted by molar-refractivity contribution is -0.160. The molecule has 1 saturated carbocycles. The quantitative estimate of drug-likeness (QED) is 0.785. The molecule has 8 heteroatoms. The van der Waals surface area contributed by atoms with Gasteiger partial charge >= 0.3 is 12.1 Å². The number of rotatable bonds is 4. The van der Waals surface area contributed by atoms with Crippen LogP contribution in [0.1, 0.15) is 43.7 Å². The molecule has 2 N–H and O–H groups in total. The van der Waals surface area contributed by atoms with Crippen molar-refractivity contribution in [2.45, 2.75) is 44.2 Å². The first-order valence-corrected chi connectivity index (χ1v) is 8.79. The van der Waals surface area contributed by atoms with Crippen molar-refractivity contribution in [3.05, 3.63) is 58.2 Å². The predicted molar refractivity (Wildman–Crippen MR) is 93.4 cm³/mol. The molecule has 2 aliphatic rings. The van der Waals surface area contributed by atoms with Crippen molar-refractivity contribution < 1.29 is 27.4 Å². The number of ether oxygens (including phenoxy) is 2. The van der Waals surface area contributed by atoms with E-state index in [0.29, 0.717) is 5.56 Å². The van der Waals surface area contributed by atoms with Gasteiger partial charge < -0.3 is 15.2 Å². The van der Waals surface area contributed by atoms with Crippen molar-refractivity contribution in [2.75, 3.05) is 6.61 Å². The Bertz CT molecular complexity index is 904. The average molecular weight is 392 g/mol. The zero-order valence-electron chi connectivity index (χ0n) is 15.4. The lowest BCUT2D eigenvalue weighted by atomic mass is 9.82. The molecule has 0 radical (unpaired) electrons. The average Bonchev–Trinajstić information content (AvgIpc) is 3.43. The first-order valence-electron chi connectivity index (χ1n) is 8.79. The van der Waals surface area contributed by atoms with Crippen LogP contribution >= 0.6 is 0 Å². The number of nitriles is 1. The van der Waals surface area contributed by atoms with Crippen molar-refractivity contribution in [3.63, 3.8) is 0 Å². The standard InChI is InChI=1S/C20H19F3N2O3/c1-3-27-18(26)15-11(2)28-17(25)14(10-24)16(15)12-4-6-13(7-5-12)19(8-9-19)20(21,22)23/h4-7,16H,3,8-9,25H2,1-2H3. The van der Waals surface area contributed by atoms with Crippen LogP contribution in [-0.4, -0.2) is 18.8 Å². The summed E-state index contributed by atoms with van der Waals surface area (Å²) in [5.74, 6) is -1.48. The molecule has 1 aromatic rings. The third kappa shape index (κ3) is 3.11. The van der Waals surface area contributed by atoms with Crippen molar-refractivity contribution in [3.8, 4) is 6.07 Å². The second kappa shape index (κ2) is 6.89. The van der Waals surface area contributed by atoms with E-state index in [2.05, 4.69) is 0 Å².